The van der Waals surface area contributed by atoms with Crippen LogP contribution in [-0.4, -0.2) is 27.3 Å². The van der Waals surface area contributed by atoms with Crippen LogP contribution >= 0.6 is 0 Å². The van der Waals surface area contributed by atoms with E-state index >= 15 is 0 Å². The molecule has 0 saturated heterocycles. The highest BCUT2D eigenvalue weighted by atomic mass is 32.2. The van der Waals surface area contributed by atoms with Crippen LogP contribution in [0.5, 0.6) is 0 Å². The zero-order valence-corrected chi connectivity index (χ0v) is 12.7. The predicted molar refractivity (Wildman–Crippen MR) is 85.8 cm³/mol. The van der Waals surface area contributed by atoms with Crippen molar-refractivity contribution in [2.24, 2.45) is 0 Å². The number of fused-ring (bicyclic) bond motifs is 1. The van der Waals surface area contributed by atoms with E-state index in [-0.39, 0.29) is 6.04 Å². The maximum Gasteiger partial charge on any atom is 0.209 e. The number of nitrogens with one attached hydrogen (secondary N) is 2. The second kappa shape index (κ2) is 5.50. The smallest absolute Gasteiger partial charge is 0.209 e. The minimum absolute atomic E-state index is 0.0986. The summed E-state index contributed by atoms with van der Waals surface area (Å²) in [5.74, 6) is 0. The van der Waals surface area contributed by atoms with Gasteiger partial charge in [-0.15, -0.1) is 0 Å². The minimum atomic E-state index is -3.18. The first kappa shape index (κ1) is 14.1. The number of rotatable bonds is 3. The average Bonchev–Trinajstić information content (AvgIpc) is 2.46. The van der Waals surface area contributed by atoms with Crippen LogP contribution in [0.25, 0.3) is 11.1 Å². The third kappa shape index (κ3) is 3.43. The van der Waals surface area contributed by atoms with Gasteiger partial charge in [0, 0.05) is 18.3 Å². The lowest BCUT2D eigenvalue weighted by Crippen LogP contribution is -2.43. The van der Waals surface area contributed by atoms with E-state index < -0.39 is 10.0 Å². The summed E-state index contributed by atoms with van der Waals surface area (Å²) in [7, 11) is -3.18. The van der Waals surface area contributed by atoms with E-state index in [1.54, 1.807) is 0 Å². The van der Waals surface area contributed by atoms with Gasteiger partial charge in [-0.05, 0) is 35.2 Å². The first-order chi connectivity index (χ1) is 10.0. The van der Waals surface area contributed by atoms with E-state index in [9.17, 15) is 8.42 Å². The van der Waals surface area contributed by atoms with E-state index in [2.05, 4.69) is 40.4 Å². The monoisotopic (exact) mass is 302 g/mol. The minimum Gasteiger partial charge on any atom is -0.383 e. The number of benzene rings is 2. The third-order valence-electron chi connectivity index (χ3n) is 3.60. The van der Waals surface area contributed by atoms with Crippen LogP contribution in [0.4, 0.5) is 5.69 Å². The molecule has 0 saturated carbocycles. The Labute approximate surface area is 125 Å². The van der Waals surface area contributed by atoms with Crippen LogP contribution < -0.4 is 10.0 Å². The van der Waals surface area contributed by atoms with Crippen LogP contribution in [0, 0.1) is 0 Å². The van der Waals surface area contributed by atoms with Gasteiger partial charge in [0.2, 0.25) is 10.0 Å². The van der Waals surface area contributed by atoms with Gasteiger partial charge in [0.25, 0.3) is 0 Å². The van der Waals surface area contributed by atoms with Gasteiger partial charge in [-0.2, -0.15) is 0 Å². The van der Waals surface area contributed by atoms with Crippen molar-refractivity contribution in [2.75, 3.05) is 18.1 Å². The van der Waals surface area contributed by atoms with E-state index in [0.29, 0.717) is 13.0 Å². The molecule has 2 aromatic rings. The van der Waals surface area contributed by atoms with Gasteiger partial charge in [0.15, 0.2) is 0 Å². The van der Waals surface area contributed by atoms with Gasteiger partial charge in [-0.25, -0.2) is 13.1 Å². The summed E-state index contributed by atoms with van der Waals surface area (Å²) in [5, 5.41) is 3.29. The zero-order valence-electron chi connectivity index (χ0n) is 11.8. The molecular weight excluding hydrogens is 284 g/mol. The third-order valence-corrected chi connectivity index (χ3v) is 4.36. The molecular formula is C16H18N2O2S. The van der Waals surface area contributed by atoms with Crippen molar-refractivity contribution >= 4 is 15.7 Å². The molecule has 0 bridgehead atoms. The number of hydrogen-bond donors (Lipinski definition) is 2. The Morgan fingerprint density at radius 1 is 1.10 bits per heavy atom. The molecule has 21 heavy (non-hydrogen) atoms. The quantitative estimate of drug-likeness (QED) is 0.914. The zero-order chi connectivity index (χ0) is 14.9. The highest BCUT2D eigenvalue weighted by Crippen LogP contribution is 2.28. The van der Waals surface area contributed by atoms with Gasteiger partial charge in [0.05, 0.1) is 6.26 Å². The highest BCUT2D eigenvalue weighted by molar-refractivity contribution is 7.88. The molecule has 2 aromatic carbocycles. The van der Waals surface area contributed by atoms with Crippen molar-refractivity contribution < 1.29 is 8.42 Å². The summed E-state index contributed by atoms with van der Waals surface area (Å²) >= 11 is 0. The van der Waals surface area contributed by atoms with Crippen LogP contribution in [0.15, 0.2) is 48.5 Å². The van der Waals surface area contributed by atoms with Crippen molar-refractivity contribution in [1.29, 1.82) is 0 Å². The van der Waals surface area contributed by atoms with Crippen LogP contribution in [0.2, 0.25) is 0 Å². The Balaban J connectivity index is 1.87. The Bertz CT molecular complexity index is 742. The molecule has 0 spiro atoms. The summed E-state index contributed by atoms with van der Waals surface area (Å²) in [4.78, 5) is 0. The van der Waals surface area contributed by atoms with Crippen LogP contribution in [-0.2, 0) is 16.4 Å². The molecule has 1 heterocycles. The van der Waals surface area contributed by atoms with Crippen molar-refractivity contribution in [1.82, 2.24) is 4.72 Å². The topological polar surface area (TPSA) is 58.2 Å². The average molecular weight is 302 g/mol. The van der Waals surface area contributed by atoms with Gasteiger partial charge in [-0.1, -0.05) is 36.4 Å². The molecule has 0 aliphatic carbocycles. The van der Waals surface area contributed by atoms with E-state index in [1.807, 2.05) is 18.2 Å². The Hall–Kier alpha value is -1.85. The molecule has 0 fully saturated rings. The van der Waals surface area contributed by atoms with Gasteiger partial charge in [-0.3, -0.25) is 0 Å². The maximum atomic E-state index is 11.4. The summed E-state index contributed by atoms with van der Waals surface area (Å²) < 4.78 is 25.4. The molecule has 0 radical (unpaired) electrons. The fraction of sp³-hybridized carbons (Fsp3) is 0.250. The van der Waals surface area contributed by atoms with Gasteiger partial charge in [0.1, 0.15) is 0 Å². The van der Waals surface area contributed by atoms with E-state index in [1.165, 1.54) is 11.8 Å². The van der Waals surface area contributed by atoms with Gasteiger partial charge >= 0.3 is 0 Å². The summed E-state index contributed by atoms with van der Waals surface area (Å²) in [6.45, 7) is 0.616. The predicted octanol–water partition coefficient (Wildman–Crippen LogP) is 2.24. The first-order valence-corrected chi connectivity index (χ1v) is 8.80. The molecule has 1 atom stereocenters. The molecule has 5 heteroatoms. The summed E-state index contributed by atoms with van der Waals surface area (Å²) in [5.41, 5.74) is 4.54. The lowest BCUT2D eigenvalue weighted by atomic mass is 9.95. The molecule has 0 amide bonds. The second-order valence-corrected chi connectivity index (χ2v) is 7.19. The Morgan fingerprint density at radius 3 is 2.57 bits per heavy atom. The Morgan fingerprint density at radius 2 is 1.86 bits per heavy atom. The summed E-state index contributed by atoms with van der Waals surface area (Å²) in [6.07, 6.45) is 1.90. The van der Waals surface area contributed by atoms with Crippen molar-refractivity contribution in [3.8, 4) is 11.1 Å². The lowest BCUT2D eigenvalue weighted by Gasteiger charge is -2.26. The highest BCUT2D eigenvalue weighted by Gasteiger charge is 2.21. The molecule has 3 rings (SSSR count). The van der Waals surface area contributed by atoms with Crippen molar-refractivity contribution in [2.45, 2.75) is 12.5 Å². The standard InChI is InChI=1S/C16H18N2O2S/c1-21(19,20)18-15-10-14-9-13(7-8-16(14)17-11-15)12-5-3-2-4-6-12/h2-9,15,17-18H,10-11H2,1H3. The first-order valence-electron chi connectivity index (χ1n) is 6.91. The SMILES string of the molecule is CS(=O)(=O)NC1CNc2ccc(-c3ccccc3)cc2C1. The Kier molecular flexibility index (Phi) is 3.69. The molecule has 2 N–H and O–H groups in total. The number of sulfonamides is 1. The second-order valence-electron chi connectivity index (χ2n) is 5.41. The van der Waals surface area contributed by atoms with Crippen molar-refractivity contribution in [3.63, 3.8) is 0 Å². The van der Waals surface area contributed by atoms with E-state index in [0.717, 1.165) is 16.8 Å². The number of hydrogen-bond acceptors (Lipinski definition) is 3. The molecule has 0 aromatic heterocycles. The van der Waals surface area contributed by atoms with Gasteiger partial charge < -0.3 is 5.32 Å². The normalized spacial score (nSPS) is 17.9. The fourth-order valence-corrected chi connectivity index (χ4v) is 3.47. The largest absolute Gasteiger partial charge is 0.383 e. The maximum absolute atomic E-state index is 11.4. The molecule has 1 aliphatic heterocycles. The van der Waals surface area contributed by atoms with Crippen LogP contribution in [0.1, 0.15) is 5.56 Å². The fourth-order valence-electron chi connectivity index (χ4n) is 2.70. The summed E-state index contributed by atoms with van der Waals surface area (Å²) in [6, 6.07) is 16.4. The molecule has 1 aliphatic rings. The molecule has 110 valence electrons. The van der Waals surface area contributed by atoms with Crippen molar-refractivity contribution in [3.05, 3.63) is 54.1 Å². The van der Waals surface area contributed by atoms with Crippen LogP contribution in [0.3, 0.4) is 0 Å². The van der Waals surface area contributed by atoms with E-state index in [4.69, 9.17) is 0 Å². The number of anilines is 1. The molecule has 1 unspecified atom stereocenters. The molecule has 4 nitrogen and oxygen atoms in total. The lowest BCUT2D eigenvalue weighted by molar-refractivity contribution is 0.554.